The summed E-state index contributed by atoms with van der Waals surface area (Å²) in [5, 5.41) is 28.2. The number of aromatic nitrogens is 3. The van der Waals surface area contributed by atoms with Gasteiger partial charge in [-0.15, -0.1) is 0 Å². The van der Waals surface area contributed by atoms with Crippen molar-refractivity contribution in [2.75, 3.05) is 13.2 Å². The quantitative estimate of drug-likeness (QED) is 0.486. The zero-order valence-corrected chi connectivity index (χ0v) is 19.9. The van der Waals surface area contributed by atoms with Gasteiger partial charge in [-0.2, -0.15) is 15.0 Å². The first-order valence-corrected chi connectivity index (χ1v) is 10.9. The maximum absolute atomic E-state index is 11.5. The predicted molar refractivity (Wildman–Crippen MR) is 126 cm³/mol. The highest BCUT2D eigenvalue weighted by atomic mass is 16.5. The lowest BCUT2D eigenvalue weighted by Gasteiger charge is -2.25. The van der Waals surface area contributed by atoms with Crippen molar-refractivity contribution in [3.05, 3.63) is 70.5 Å². The molecule has 0 aliphatic heterocycles. The van der Waals surface area contributed by atoms with E-state index in [2.05, 4.69) is 15.1 Å². The van der Waals surface area contributed by atoms with E-state index in [9.17, 15) is 15.0 Å². The molecular formula is C25H32N4O4. The average molecular weight is 453 g/mol. The molecule has 33 heavy (non-hydrogen) atoms. The summed E-state index contributed by atoms with van der Waals surface area (Å²) in [7, 11) is 0. The number of aliphatic carboxylic acids is 1. The fourth-order valence-electron chi connectivity index (χ4n) is 3.65. The Labute approximate surface area is 194 Å². The van der Waals surface area contributed by atoms with E-state index in [-0.39, 0.29) is 6.61 Å². The summed E-state index contributed by atoms with van der Waals surface area (Å²) in [5.74, 6) is -0.431. The topological polar surface area (TPSA) is 101 Å². The molecule has 8 nitrogen and oxygen atoms in total. The maximum atomic E-state index is 11.5. The summed E-state index contributed by atoms with van der Waals surface area (Å²) >= 11 is 0. The standard InChI is InChI=1S/C25H32N4O4/c1-17-13-20(14-18(2)23(17)33-25(4,5)24(31)32)15-28(11-12-30)16-22-19(3)26-29(27-22)21-9-7-6-8-10-21/h6-10,13-14,30H,11-12,15-16H2,1-5H3,(H,31,32). The van der Waals surface area contributed by atoms with Gasteiger partial charge in [-0.05, 0) is 63.4 Å². The second kappa shape index (κ2) is 10.1. The minimum absolute atomic E-state index is 0.0256. The fourth-order valence-corrected chi connectivity index (χ4v) is 3.65. The Morgan fingerprint density at radius 2 is 1.70 bits per heavy atom. The highest BCUT2D eigenvalue weighted by Crippen LogP contribution is 2.29. The van der Waals surface area contributed by atoms with Gasteiger partial charge >= 0.3 is 5.97 Å². The minimum Gasteiger partial charge on any atom is -0.478 e. The van der Waals surface area contributed by atoms with Crippen molar-refractivity contribution < 1.29 is 19.7 Å². The highest BCUT2D eigenvalue weighted by Gasteiger charge is 2.30. The van der Waals surface area contributed by atoms with Crippen molar-refractivity contribution >= 4 is 5.97 Å². The number of benzene rings is 2. The third-order valence-electron chi connectivity index (χ3n) is 5.45. The number of aliphatic hydroxyl groups is 1. The zero-order valence-electron chi connectivity index (χ0n) is 19.9. The van der Waals surface area contributed by atoms with Crippen LogP contribution in [0.4, 0.5) is 0 Å². The van der Waals surface area contributed by atoms with Crippen molar-refractivity contribution in [3.63, 3.8) is 0 Å². The monoisotopic (exact) mass is 452 g/mol. The molecule has 3 rings (SSSR count). The van der Waals surface area contributed by atoms with Crippen LogP contribution in [0.2, 0.25) is 0 Å². The molecule has 176 valence electrons. The van der Waals surface area contributed by atoms with E-state index in [0.717, 1.165) is 33.8 Å². The van der Waals surface area contributed by atoms with Crippen molar-refractivity contribution in [1.82, 2.24) is 19.9 Å². The fraction of sp³-hybridized carbons (Fsp3) is 0.400. The third kappa shape index (κ3) is 5.97. The minimum atomic E-state index is -1.32. The lowest BCUT2D eigenvalue weighted by atomic mass is 10.0. The van der Waals surface area contributed by atoms with Gasteiger partial charge < -0.3 is 14.9 Å². The van der Waals surface area contributed by atoms with Crippen LogP contribution in [0.5, 0.6) is 5.75 Å². The number of carbonyl (C=O) groups is 1. The third-order valence-corrected chi connectivity index (χ3v) is 5.45. The van der Waals surface area contributed by atoms with Crippen LogP contribution < -0.4 is 4.74 Å². The van der Waals surface area contributed by atoms with Gasteiger partial charge in [-0.25, -0.2) is 4.79 Å². The summed E-state index contributed by atoms with van der Waals surface area (Å²) in [6.45, 7) is 10.5. The molecule has 0 amide bonds. The molecular weight excluding hydrogens is 420 g/mol. The Balaban J connectivity index is 1.79. The SMILES string of the molecule is Cc1cc(CN(CCO)Cc2nn(-c3ccccc3)nc2C)cc(C)c1OC(C)(C)C(=O)O. The summed E-state index contributed by atoms with van der Waals surface area (Å²) in [5.41, 5.74) is 4.06. The van der Waals surface area contributed by atoms with Crippen LogP contribution in [0.3, 0.4) is 0 Å². The molecule has 0 bridgehead atoms. The van der Waals surface area contributed by atoms with E-state index in [4.69, 9.17) is 4.74 Å². The van der Waals surface area contributed by atoms with Crippen LogP contribution in [0.15, 0.2) is 42.5 Å². The molecule has 3 aromatic rings. The number of ether oxygens (including phenoxy) is 1. The molecule has 0 unspecified atom stereocenters. The Bertz CT molecular complexity index is 1090. The number of hydrogen-bond acceptors (Lipinski definition) is 6. The van der Waals surface area contributed by atoms with Gasteiger partial charge in [0.25, 0.3) is 0 Å². The Morgan fingerprint density at radius 1 is 1.06 bits per heavy atom. The molecule has 0 atom stereocenters. The Morgan fingerprint density at radius 3 is 2.27 bits per heavy atom. The average Bonchev–Trinajstić information content (AvgIpc) is 3.12. The number of aliphatic hydroxyl groups excluding tert-OH is 1. The molecule has 0 saturated carbocycles. The van der Waals surface area contributed by atoms with Gasteiger partial charge in [0.1, 0.15) is 11.4 Å². The summed E-state index contributed by atoms with van der Waals surface area (Å²) < 4.78 is 5.81. The number of para-hydroxylation sites is 1. The van der Waals surface area contributed by atoms with Crippen LogP contribution in [0.25, 0.3) is 5.69 Å². The van der Waals surface area contributed by atoms with E-state index >= 15 is 0 Å². The van der Waals surface area contributed by atoms with Crippen LogP contribution in [-0.4, -0.2) is 54.8 Å². The van der Waals surface area contributed by atoms with Crippen molar-refractivity contribution in [2.45, 2.75) is 53.3 Å². The number of aryl methyl sites for hydroxylation is 3. The Kier molecular flexibility index (Phi) is 7.50. The first-order valence-electron chi connectivity index (χ1n) is 10.9. The van der Waals surface area contributed by atoms with Crippen LogP contribution in [0.1, 0.15) is 41.9 Å². The molecule has 1 heterocycles. The van der Waals surface area contributed by atoms with Crippen molar-refractivity contribution in [2.24, 2.45) is 0 Å². The first kappa shape index (κ1) is 24.4. The summed E-state index contributed by atoms with van der Waals surface area (Å²) in [4.78, 5) is 15.2. The van der Waals surface area contributed by atoms with Crippen molar-refractivity contribution in [3.8, 4) is 11.4 Å². The van der Waals surface area contributed by atoms with Gasteiger partial charge in [-0.1, -0.05) is 30.3 Å². The highest BCUT2D eigenvalue weighted by molar-refractivity contribution is 5.77. The lowest BCUT2D eigenvalue weighted by Crippen LogP contribution is -2.38. The number of nitrogens with zero attached hydrogens (tertiary/aromatic N) is 4. The molecule has 2 N–H and O–H groups in total. The smallest absolute Gasteiger partial charge is 0.347 e. The largest absolute Gasteiger partial charge is 0.478 e. The molecule has 0 saturated heterocycles. The zero-order chi connectivity index (χ0) is 24.2. The van der Waals surface area contributed by atoms with Crippen LogP contribution in [0, 0.1) is 20.8 Å². The maximum Gasteiger partial charge on any atom is 0.347 e. The van der Waals surface area contributed by atoms with Gasteiger partial charge in [-0.3, -0.25) is 4.90 Å². The number of rotatable bonds is 10. The van der Waals surface area contributed by atoms with Gasteiger partial charge in [0.05, 0.1) is 18.0 Å². The second-order valence-electron chi connectivity index (χ2n) is 8.77. The molecule has 0 radical (unpaired) electrons. The number of carboxylic acids is 1. The lowest BCUT2D eigenvalue weighted by molar-refractivity contribution is -0.152. The molecule has 8 heteroatoms. The number of hydrogen-bond donors (Lipinski definition) is 2. The van der Waals surface area contributed by atoms with Gasteiger partial charge in [0, 0.05) is 19.6 Å². The first-order chi connectivity index (χ1) is 15.6. The summed E-state index contributed by atoms with van der Waals surface area (Å²) in [6, 6.07) is 13.7. The van der Waals surface area contributed by atoms with E-state index < -0.39 is 11.6 Å². The second-order valence-corrected chi connectivity index (χ2v) is 8.77. The molecule has 0 spiro atoms. The van der Waals surface area contributed by atoms with Crippen LogP contribution in [-0.2, 0) is 17.9 Å². The van der Waals surface area contributed by atoms with E-state index in [0.29, 0.717) is 25.4 Å². The van der Waals surface area contributed by atoms with Gasteiger partial charge in [0.2, 0.25) is 0 Å². The van der Waals surface area contributed by atoms with E-state index in [1.807, 2.05) is 63.2 Å². The van der Waals surface area contributed by atoms with Crippen molar-refractivity contribution in [1.29, 1.82) is 0 Å². The summed E-state index contributed by atoms with van der Waals surface area (Å²) in [6.07, 6.45) is 0. The normalized spacial score (nSPS) is 11.7. The van der Waals surface area contributed by atoms with E-state index in [1.54, 1.807) is 4.80 Å². The molecule has 1 aromatic heterocycles. The van der Waals surface area contributed by atoms with Gasteiger partial charge in [0.15, 0.2) is 5.60 Å². The molecule has 0 aliphatic carbocycles. The molecule has 0 aliphatic rings. The molecule has 2 aromatic carbocycles. The molecule has 0 fully saturated rings. The Hall–Kier alpha value is -3.23. The predicted octanol–water partition coefficient (Wildman–Crippen LogP) is 3.43. The van der Waals surface area contributed by atoms with E-state index in [1.165, 1.54) is 13.8 Å². The van der Waals surface area contributed by atoms with Crippen LogP contribution >= 0.6 is 0 Å². The number of carboxylic acid groups (broad SMARTS) is 1.